The zero-order valence-corrected chi connectivity index (χ0v) is 40.2. The maximum absolute atomic E-state index is 2.44. The Balaban J connectivity index is 1.38. The monoisotopic (exact) mass is 801 g/mol. The van der Waals surface area contributed by atoms with Crippen molar-refractivity contribution in [3.05, 3.63) is 48.6 Å². The van der Waals surface area contributed by atoms with Crippen LogP contribution in [0, 0.1) is 34.5 Å². The number of rotatable bonds is 36. The SMILES string of the molecule is CCCCC/C=C\C/C=C\CCCCCCCCC1(CCCCCCCC/C=C\C/C=C\CCCCC)CCC2(CC1)C[C@H]1C[C@@H](CCCC)[C@@H](CCCC)C[C@H]1C2. The lowest BCUT2D eigenvalue weighted by Gasteiger charge is -2.46. The second kappa shape index (κ2) is 33.6. The number of allylic oxidation sites excluding steroid dienone is 8. The summed E-state index contributed by atoms with van der Waals surface area (Å²) in [5, 5.41) is 0. The van der Waals surface area contributed by atoms with Crippen LogP contribution in [0.2, 0.25) is 0 Å². The summed E-state index contributed by atoms with van der Waals surface area (Å²) in [7, 11) is 0. The molecule has 1 spiro atoms. The first kappa shape index (κ1) is 51.3. The van der Waals surface area contributed by atoms with E-state index in [2.05, 4.69) is 76.3 Å². The van der Waals surface area contributed by atoms with Crippen molar-refractivity contribution in [2.45, 2.75) is 285 Å². The quantitative estimate of drug-likeness (QED) is 0.0437. The van der Waals surface area contributed by atoms with Crippen LogP contribution in [0.1, 0.15) is 285 Å². The molecule has 0 aromatic rings. The molecule has 0 aliphatic heterocycles. The van der Waals surface area contributed by atoms with Crippen molar-refractivity contribution in [2.75, 3.05) is 0 Å². The van der Waals surface area contributed by atoms with E-state index in [4.69, 9.17) is 0 Å². The lowest BCUT2D eigenvalue weighted by molar-refractivity contribution is 0.0568. The van der Waals surface area contributed by atoms with Gasteiger partial charge in [0, 0.05) is 0 Å². The van der Waals surface area contributed by atoms with Gasteiger partial charge < -0.3 is 0 Å². The Morgan fingerprint density at radius 2 is 0.707 bits per heavy atom. The topological polar surface area (TPSA) is 0 Å². The minimum atomic E-state index is 0.677. The van der Waals surface area contributed by atoms with Crippen molar-refractivity contribution in [2.24, 2.45) is 34.5 Å². The van der Waals surface area contributed by atoms with Crippen molar-refractivity contribution < 1.29 is 0 Å². The highest BCUT2D eigenvalue weighted by Gasteiger charge is 2.51. The molecule has 4 atom stereocenters. The second-order valence-electron chi connectivity index (χ2n) is 20.9. The fourth-order valence-electron chi connectivity index (χ4n) is 12.2. The summed E-state index contributed by atoms with van der Waals surface area (Å²) < 4.78 is 0. The van der Waals surface area contributed by atoms with Crippen LogP contribution in [0.5, 0.6) is 0 Å². The molecule has 0 N–H and O–H groups in total. The van der Waals surface area contributed by atoms with Gasteiger partial charge in [-0.2, -0.15) is 0 Å². The molecule has 3 fully saturated rings. The Hall–Kier alpha value is -1.04. The molecule has 0 bridgehead atoms. The van der Waals surface area contributed by atoms with Gasteiger partial charge in [0.25, 0.3) is 0 Å². The van der Waals surface area contributed by atoms with Gasteiger partial charge in [-0.15, -0.1) is 0 Å². The van der Waals surface area contributed by atoms with Gasteiger partial charge in [0.2, 0.25) is 0 Å². The first-order valence-corrected chi connectivity index (χ1v) is 27.2. The van der Waals surface area contributed by atoms with Crippen LogP contribution in [0.25, 0.3) is 0 Å². The lowest BCUT2D eigenvalue weighted by Crippen LogP contribution is -2.33. The Morgan fingerprint density at radius 1 is 0.362 bits per heavy atom. The van der Waals surface area contributed by atoms with Gasteiger partial charge >= 0.3 is 0 Å². The molecule has 0 heteroatoms. The molecule has 0 heterocycles. The van der Waals surface area contributed by atoms with Gasteiger partial charge in [0.05, 0.1) is 0 Å². The predicted molar refractivity (Wildman–Crippen MR) is 263 cm³/mol. The zero-order valence-electron chi connectivity index (χ0n) is 40.2. The first-order valence-electron chi connectivity index (χ1n) is 27.2. The van der Waals surface area contributed by atoms with Crippen molar-refractivity contribution in [3.8, 4) is 0 Å². The maximum Gasteiger partial charge on any atom is -0.0169 e. The molecule has 0 nitrogen and oxygen atoms in total. The van der Waals surface area contributed by atoms with Gasteiger partial charge in [-0.3, -0.25) is 0 Å². The summed E-state index contributed by atoms with van der Waals surface area (Å²) in [6, 6.07) is 0. The summed E-state index contributed by atoms with van der Waals surface area (Å²) in [6.45, 7) is 9.41. The summed E-state index contributed by atoms with van der Waals surface area (Å²) >= 11 is 0. The Morgan fingerprint density at radius 3 is 1.09 bits per heavy atom. The predicted octanol–water partition coefficient (Wildman–Crippen LogP) is 20.4. The van der Waals surface area contributed by atoms with E-state index in [1.807, 2.05) is 0 Å². The molecule has 336 valence electrons. The first-order chi connectivity index (χ1) is 28.6. The lowest BCUT2D eigenvalue weighted by atomic mass is 9.59. The fourth-order valence-corrected chi connectivity index (χ4v) is 12.2. The minimum Gasteiger partial charge on any atom is -0.0882 e. The van der Waals surface area contributed by atoms with Crippen LogP contribution in [-0.4, -0.2) is 0 Å². The van der Waals surface area contributed by atoms with E-state index >= 15 is 0 Å². The molecule has 0 amide bonds. The summed E-state index contributed by atoms with van der Waals surface area (Å²) in [5.41, 5.74) is 1.41. The van der Waals surface area contributed by atoms with E-state index in [-0.39, 0.29) is 0 Å². The number of hydrogen-bond donors (Lipinski definition) is 0. The summed E-state index contributed by atoms with van der Waals surface area (Å²) in [5.74, 6) is 4.26. The molecule has 0 unspecified atom stereocenters. The number of fused-ring (bicyclic) bond motifs is 1. The molecule has 3 aliphatic rings. The molecular weight excluding hydrogens is 697 g/mol. The third kappa shape index (κ3) is 22.2. The van der Waals surface area contributed by atoms with Gasteiger partial charge in [0.1, 0.15) is 0 Å². The van der Waals surface area contributed by atoms with E-state index in [0.29, 0.717) is 5.41 Å². The van der Waals surface area contributed by atoms with Crippen molar-refractivity contribution in [3.63, 3.8) is 0 Å². The summed E-state index contributed by atoms with van der Waals surface area (Å²) in [6.07, 6.45) is 76.8. The van der Waals surface area contributed by atoms with E-state index in [1.54, 1.807) is 64.2 Å². The Kier molecular flexibility index (Phi) is 29.7. The van der Waals surface area contributed by atoms with Crippen molar-refractivity contribution in [1.82, 2.24) is 0 Å². The standard InChI is InChI=1S/C58H104/c1-5-9-13-15-17-19-21-23-25-27-29-31-33-35-37-39-43-57(44-40-38-36-34-32-30-28-26-24-22-20-18-16-14-10-6-2)45-47-58(48-46-57)51-55-49-53(41-11-7-3)54(42-12-8-4)50-56(55)52-58/h17-20,23-26,53-56H,5-16,21-22,27-52H2,1-4H3/b19-17-,20-18-,25-23-,26-24-/t53-,54+,55-,56+. The Labute approximate surface area is 366 Å². The summed E-state index contributed by atoms with van der Waals surface area (Å²) in [4.78, 5) is 0. The van der Waals surface area contributed by atoms with Gasteiger partial charge in [-0.25, -0.2) is 0 Å². The van der Waals surface area contributed by atoms with E-state index in [9.17, 15) is 0 Å². The van der Waals surface area contributed by atoms with E-state index in [0.717, 1.165) is 41.9 Å². The molecule has 3 rings (SSSR count). The molecule has 0 aromatic heterocycles. The average Bonchev–Trinajstić information content (AvgIpc) is 3.59. The largest absolute Gasteiger partial charge is 0.0882 e. The molecule has 0 aromatic carbocycles. The van der Waals surface area contributed by atoms with Crippen molar-refractivity contribution >= 4 is 0 Å². The minimum absolute atomic E-state index is 0.677. The maximum atomic E-state index is 2.44. The smallest absolute Gasteiger partial charge is 0.0169 e. The van der Waals surface area contributed by atoms with E-state index in [1.165, 1.54) is 180 Å². The van der Waals surface area contributed by atoms with Gasteiger partial charge in [-0.1, -0.05) is 205 Å². The van der Waals surface area contributed by atoms with Crippen LogP contribution in [0.15, 0.2) is 48.6 Å². The highest BCUT2D eigenvalue weighted by Crippen LogP contribution is 2.63. The van der Waals surface area contributed by atoms with Gasteiger partial charge in [-0.05, 0) is 163 Å². The van der Waals surface area contributed by atoms with Crippen molar-refractivity contribution in [1.29, 1.82) is 0 Å². The highest BCUT2D eigenvalue weighted by molar-refractivity contribution is 5.03. The normalized spacial score (nSPS) is 23.1. The van der Waals surface area contributed by atoms with Crippen LogP contribution < -0.4 is 0 Å². The average molecular weight is 801 g/mol. The van der Waals surface area contributed by atoms with Gasteiger partial charge in [0.15, 0.2) is 0 Å². The molecule has 0 radical (unpaired) electrons. The third-order valence-corrected chi connectivity index (χ3v) is 16.0. The van der Waals surface area contributed by atoms with Crippen LogP contribution in [0.4, 0.5) is 0 Å². The third-order valence-electron chi connectivity index (χ3n) is 16.0. The number of unbranched alkanes of at least 4 members (excludes halogenated alkanes) is 20. The van der Waals surface area contributed by atoms with E-state index < -0.39 is 0 Å². The van der Waals surface area contributed by atoms with Crippen LogP contribution >= 0.6 is 0 Å². The molecular formula is C58H104. The zero-order chi connectivity index (χ0) is 41.3. The fraction of sp³-hybridized carbons (Fsp3) is 0.862. The second-order valence-corrected chi connectivity index (χ2v) is 20.9. The highest BCUT2D eigenvalue weighted by atomic mass is 14.6. The van der Waals surface area contributed by atoms with Crippen LogP contribution in [0.3, 0.4) is 0 Å². The molecule has 0 saturated heterocycles. The molecule has 58 heavy (non-hydrogen) atoms. The number of hydrogen-bond acceptors (Lipinski definition) is 0. The molecule has 3 aliphatic carbocycles. The Bertz CT molecular complexity index is 970. The van der Waals surface area contributed by atoms with Crippen LogP contribution in [-0.2, 0) is 0 Å². The molecule has 3 saturated carbocycles.